The van der Waals surface area contributed by atoms with Crippen LogP contribution in [0.15, 0.2) is 30.5 Å². The third-order valence-corrected chi connectivity index (χ3v) is 4.29. The number of hydrogen-bond donors (Lipinski definition) is 2. The van der Waals surface area contributed by atoms with Crippen LogP contribution in [0, 0.1) is 0 Å². The first-order chi connectivity index (χ1) is 11.2. The highest BCUT2D eigenvalue weighted by atomic mass is 16.5. The van der Waals surface area contributed by atoms with E-state index in [2.05, 4.69) is 15.7 Å². The average molecular weight is 314 g/mol. The fraction of sp³-hybridized carbons (Fsp3) is 0.412. The van der Waals surface area contributed by atoms with Crippen LogP contribution in [0.1, 0.15) is 35.7 Å². The standard InChI is InChI=1S/C17H22N4O2/c1-21-16-5-3-4-15(14(16)11-19-21)20-17(22)18-10-12-6-8-13(23-2)9-7-12/h6-9,11,15H,3-5,10H2,1-2H3,(H2,18,20,22)/t15-/m0/s1. The molecular formula is C17H22N4O2. The Balaban J connectivity index is 1.55. The number of ether oxygens (including phenoxy) is 1. The molecule has 1 aliphatic carbocycles. The maximum absolute atomic E-state index is 12.2. The molecule has 0 aliphatic heterocycles. The van der Waals surface area contributed by atoms with Gasteiger partial charge in [-0.1, -0.05) is 12.1 Å². The number of hydrogen-bond acceptors (Lipinski definition) is 3. The Morgan fingerprint density at radius 1 is 1.39 bits per heavy atom. The van der Waals surface area contributed by atoms with Crippen molar-refractivity contribution in [3.05, 3.63) is 47.3 Å². The SMILES string of the molecule is COc1ccc(CNC(=O)N[C@H]2CCCc3c2cnn3C)cc1. The van der Waals surface area contributed by atoms with E-state index in [0.717, 1.165) is 36.1 Å². The second-order valence-electron chi connectivity index (χ2n) is 5.79. The predicted octanol–water partition coefficient (Wildman–Crippen LogP) is 2.31. The normalized spacial score (nSPS) is 16.5. The van der Waals surface area contributed by atoms with Crippen molar-refractivity contribution in [1.29, 1.82) is 0 Å². The largest absolute Gasteiger partial charge is 0.497 e. The van der Waals surface area contributed by atoms with Crippen LogP contribution in [-0.4, -0.2) is 22.9 Å². The highest BCUT2D eigenvalue weighted by Crippen LogP contribution is 2.28. The lowest BCUT2D eigenvalue weighted by atomic mass is 9.93. The lowest BCUT2D eigenvalue weighted by Crippen LogP contribution is -2.38. The first-order valence-corrected chi connectivity index (χ1v) is 7.85. The average Bonchev–Trinajstić information content (AvgIpc) is 2.96. The highest BCUT2D eigenvalue weighted by Gasteiger charge is 2.24. The number of urea groups is 1. The molecule has 1 aromatic carbocycles. The molecule has 23 heavy (non-hydrogen) atoms. The van der Waals surface area contributed by atoms with E-state index >= 15 is 0 Å². The summed E-state index contributed by atoms with van der Waals surface area (Å²) in [4.78, 5) is 12.2. The molecule has 0 saturated heterocycles. The van der Waals surface area contributed by atoms with Crippen LogP contribution in [-0.2, 0) is 20.0 Å². The van der Waals surface area contributed by atoms with Gasteiger partial charge < -0.3 is 15.4 Å². The van der Waals surface area contributed by atoms with Gasteiger partial charge in [-0.25, -0.2) is 4.79 Å². The Hall–Kier alpha value is -2.50. The number of rotatable bonds is 4. The fourth-order valence-electron chi connectivity index (χ4n) is 2.99. The minimum atomic E-state index is -0.150. The summed E-state index contributed by atoms with van der Waals surface area (Å²) in [5.41, 5.74) is 3.39. The summed E-state index contributed by atoms with van der Waals surface area (Å²) >= 11 is 0. The van der Waals surface area contributed by atoms with Crippen molar-refractivity contribution in [2.24, 2.45) is 7.05 Å². The Bertz CT molecular complexity index is 678. The van der Waals surface area contributed by atoms with Gasteiger partial charge >= 0.3 is 6.03 Å². The smallest absolute Gasteiger partial charge is 0.315 e. The zero-order valence-corrected chi connectivity index (χ0v) is 13.5. The molecule has 2 amide bonds. The van der Waals surface area contributed by atoms with Crippen molar-refractivity contribution in [3.63, 3.8) is 0 Å². The van der Waals surface area contributed by atoms with E-state index < -0.39 is 0 Å². The zero-order chi connectivity index (χ0) is 16.2. The first-order valence-electron chi connectivity index (χ1n) is 7.85. The van der Waals surface area contributed by atoms with Crippen molar-refractivity contribution in [2.45, 2.75) is 31.8 Å². The Labute approximate surface area is 135 Å². The van der Waals surface area contributed by atoms with Crippen LogP contribution in [0.5, 0.6) is 5.75 Å². The molecule has 1 aromatic heterocycles. The number of methoxy groups -OCH3 is 1. The molecule has 0 spiro atoms. The van der Waals surface area contributed by atoms with Gasteiger partial charge in [-0.2, -0.15) is 5.10 Å². The molecule has 6 nitrogen and oxygen atoms in total. The molecule has 1 aliphatic rings. The van der Waals surface area contributed by atoms with Crippen molar-refractivity contribution in [1.82, 2.24) is 20.4 Å². The monoisotopic (exact) mass is 314 g/mol. The molecule has 2 N–H and O–H groups in total. The molecule has 1 heterocycles. The molecule has 6 heteroatoms. The molecule has 0 fully saturated rings. The summed E-state index contributed by atoms with van der Waals surface area (Å²) in [5.74, 6) is 0.810. The molecule has 3 rings (SSSR count). The number of nitrogens with zero attached hydrogens (tertiary/aromatic N) is 2. The Kier molecular flexibility index (Phi) is 4.50. The summed E-state index contributed by atoms with van der Waals surface area (Å²) in [6.45, 7) is 0.489. The second kappa shape index (κ2) is 6.73. The van der Waals surface area contributed by atoms with Gasteiger partial charge in [0.25, 0.3) is 0 Å². The lowest BCUT2D eigenvalue weighted by molar-refractivity contribution is 0.235. The van der Waals surface area contributed by atoms with E-state index in [-0.39, 0.29) is 12.1 Å². The quantitative estimate of drug-likeness (QED) is 0.910. The maximum Gasteiger partial charge on any atom is 0.315 e. The van der Waals surface area contributed by atoms with E-state index in [1.54, 1.807) is 7.11 Å². The highest BCUT2D eigenvalue weighted by molar-refractivity contribution is 5.74. The molecule has 0 radical (unpaired) electrons. The van der Waals surface area contributed by atoms with E-state index in [4.69, 9.17) is 4.74 Å². The van der Waals surface area contributed by atoms with Crippen molar-refractivity contribution >= 4 is 6.03 Å². The number of carbonyl (C=O) groups is 1. The number of aryl methyl sites for hydroxylation is 1. The van der Waals surface area contributed by atoms with Crippen LogP contribution in [0.4, 0.5) is 4.79 Å². The first kappa shape index (κ1) is 15.4. The molecule has 0 saturated carbocycles. The minimum absolute atomic E-state index is 0.0447. The van der Waals surface area contributed by atoms with Gasteiger partial charge in [0.2, 0.25) is 0 Å². The van der Waals surface area contributed by atoms with E-state index in [0.29, 0.717) is 6.54 Å². The molecular weight excluding hydrogens is 292 g/mol. The minimum Gasteiger partial charge on any atom is -0.497 e. The van der Waals surface area contributed by atoms with E-state index in [9.17, 15) is 4.79 Å². The summed E-state index contributed by atoms with van der Waals surface area (Å²) in [5, 5.41) is 10.3. The lowest BCUT2D eigenvalue weighted by Gasteiger charge is -2.24. The summed E-state index contributed by atoms with van der Waals surface area (Å²) < 4.78 is 7.02. The van der Waals surface area contributed by atoms with Crippen molar-refractivity contribution in [3.8, 4) is 5.75 Å². The second-order valence-corrected chi connectivity index (χ2v) is 5.79. The number of nitrogens with one attached hydrogen (secondary N) is 2. The Morgan fingerprint density at radius 3 is 2.91 bits per heavy atom. The third kappa shape index (κ3) is 3.47. The van der Waals surface area contributed by atoms with Crippen LogP contribution in [0.2, 0.25) is 0 Å². The Morgan fingerprint density at radius 2 is 2.17 bits per heavy atom. The molecule has 0 bridgehead atoms. The summed E-state index contributed by atoms with van der Waals surface area (Å²) in [7, 11) is 3.59. The molecule has 2 aromatic rings. The van der Waals surface area contributed by atoms with Gasteiger partial charge in [-0.3, -0.25) is 4.68 Å². The third-order valence-electron chi connectivity index (χ3n) is 4.29. The van der Waals surface area contributed by atoms with Crippen molar-refractivity contribution in [2.75, 3.05) is 7.11 Å². The topological polar surface area (TPSA) is 68.2 Å². The zero-order valence-electron chi connectivity index (χ0n) is 13.5. The van der Waals surface area contributed by atoms with Gasteiger partial charge in [0.1, 0.15) is 5.75 Å². The molecule has 1 atom stereocenters. The van der Waals surface area contributed by atoms with Crippen LogP contribution < -0.4 is 15.4 Å². The number of carbonyl (C=O) groups excluding carboxylic acids is 1. The van der Waals surface area contributed by atoms with E-state index in [1.807, 2.05) is 42.2 Å². The number of aromatic nitrogens is 2. The van der Waals surface area contributed by atoms with Gasteiger partial charge in [0.05, 0.1) is 19.3 Å². The summed E-state index contributed by atoms with van der Waals surface area (Å²) in [6, 6.07) is 7.55. The summed E-state index contributed by atoms with van der Waals surface area (Å²) in [6.07, 6.45) is 4.91. The number of amides is 2. The van der Waals surface area contributed by atoms with Crippen molar-refractivity contribution < 1.29 is 9.53 Å². The molecule has 0 unspecified atom stereocenters. The molecule has 122 valence electrons. The van der Waals surface area contributed by atoms with Crippen LogP contribution in [0.25, 0.3) is 0 Å². The van der Waals surface area contributed by atoms with Gasteiger partial charge in [0.15, 0.2) is 0 Å². The van der Waals surface area contributed by atoms with Crippen LogP contribution >= 0.6 is 0 Å². The predicted molar refractivity (Wildman–Crippen MR) is 87.3 cm³/mol. The number of benzene rings is 1. The van der Waals surface area contributed by atoms with Gasteiger partial charge in [-0.15, -0.1) is 0 Å². The maximum atomic E-state index is 12.2. The number of fused-ring (bicyclic) bond motifs is 1. The van der Waals surface area contributed by atoms with Gasteiger partial charge in [0, 0.05) is 24.8 Å². The van der Waals surface area contributed by atoms with E-state index in [1.165, 1.54) is 5.69 Å². The van der Waals surface area contributed by atoms with Gasteiger partial charge in [-0.05, 0) is 37.0 Å². The fourth-order valence-corrected chi connectivity index (χ4v) is 2.99. The van der Waals surface area contributed by atoms with Crippen LogP contribution in [0.3, 0.4) is 0 Å².